The molecule has 0 bridgehead atoms. The number of rotatable bonds is 6. The fourth-order valence-corrected chi connectivity index (χ4v) is 4.26. The maximum absolute atomic E-state index is 12.7. The lowest BCUT2D eigenvalue weighted by molar-refractivity contribution is -0.146. The zero-order valence-corrected chi connectivity index (χ0v) is 16.5. The van der Waals surface area contributed by atoms with Crippen molar-refractivity contribution in [2.24, 2.45) is 0 Å². The molecule has 1 aliphatic heterocycles. The summed E-state index contributed by atoms with van der Waals surface area (Å²) in [7, 11) is 1.32. The van der Waals surface area contributed by atoms with Gasteiger partial charge in [0.25, 0.3) is 0 Å². The van der Waals surface area contributed by atoms with Crippen LogP contribution in [0.1, 0.15) is 29.9 Å². The van der Waals surface area contributed by atoms with E-state index in [2.05, 4.69) is 29.0 Å². The van der Waals surface area contributed by atoms with Crippen LogP contribution < -0.4 is 0 Å². The highest BCUT2D eigenvalue weighted by Crippen LogP contribution is 2.44. The first-order valence-electron chi connectivity index (χ1n) is 9.95. The number of esters is 1. The molecule has 6 heteroatoms. The predicted octanol–water partition coefficient (Wildman–Crippen LogP) is 3.59. The van der Waals surface area contributed by atoms with Crippen molar-refractivity contribution in [1.29, 1.82) is 0 Å². The quantitative estimate of drug-likeness (QED) is 0.700. The topological polar surface area (TPSA) is 65.1 Å². The van der Waals surface area contributed by atoms with Gasteiger partial charge >= 0.3 is 12.1 Å². The first-order chi connectivity index (χ1) is 14.2. The number of methoxy groups -OCH3 is 1. The van der Waals surface area contributed by atoms with Crippen LogP contribution in [0.3, 0.4) is 0 Å². The van der Waals surface area contributed by atoms with Crippen LogP contribution in [0, 0.1) is 0 Å². The third-order valence-electron chi connectivity index (χ3n) is 5.71. The van der Waals surface area contributed by atoms with Crippen LogP contribution in [0.2, 0.25) is 0 Å². The summed E-state index contributed by atoms with van der Waals surface area (Å²) in [6, 6.07) is 16.5. The first kappa shape index (κ1) is 19.5. The molecule has 0 saturated carbocycles. The van der Waals surface area contributed by atoms with Gasteiger partial charge in [-0.2, -0.15) is 0 Å². The van der Waals surface area contributed by atoms with E-state index in [1.807, 2.05) is 24.3 Å². The highest BCUT2D eigenvalue weighted by Gasteiger charge is 2.33. The maximum Gasteiger partial charge on any atom is 0.410 e. The Hall–Kier alpha value is -2.86. The van der Waals surface area contributed by atoms with Gasteiger partial charge in [-0.3, -0.25) is 0 Å². The van der Waals surface area contributed by atoms with Crippen LogP contribution in [0.15, 0.2) is 48.5 Å². The third-order valence-corrected chi connectivity index (χ3v) is 5.71. The standard InChI is InChI=1S/C23H25NO5/c1-27-22(25)15-28-13-16-7-6-12-24(16)23(26)29-14-21-19-10-4-2-8-17(19)18-9-3-5-11-20(18)21/h2-5,8-11,16,21H,6-7,12-15H2,1H3/t16-/m1/s1. The SMILES string of the molecule is COC(=O)COC[C@H]1CCCN1C(=O)OCC1c2ccccc2-c2ccccc21. The Morgan fingerprint density at radius 1 is 1.00 bits per heavy atom. The van der Waals surface area contributed by atoms with Crippen molar-refractivity contribution < 1.29 is 23.8 Å². The average molecular weight is 395 g/mol. The number of carbonyl (C=O) groups excluding carboxylic acids is 2. The largest absolute Gasteiger partial charge is 0.467 e. The van der Waals surface area contributed by atoms with Gasteiger partial charge in [0.1, 0.15) is 13.2 Å². The summed E-state index contributed by atoms with van der Waals surface area (Å²) >= 11 is 0. The minimum Gasteiger partial charge on any atom is -0.467 e. The van der Waals surface area contributed by atoms with Crippen molar-refractivity contribution in [2.45, 2.75) is 24.8 Å². The molecule has 0 radical (unpaired) electrons. The monoisotopic (exact) mass is 395 g/mol. The lowest BCUT2D eigenvalue weighted by Gasteiger charge is -2.25. The van der Waals surface area contributed by atoms with E-state index >= 15 is 0 Å². The second kappa shape index (κ2) is 8.66. The van der Waals surface area contributed by atoms with Crippen molar-refractivity contribution in [1.82, 2.24) is 4.90 Å². The molecule has 1 amide bonds. The van der Waals surface area contributed by atoms with Gasteiger partial charge in [0.2, 0.25) is 0 Å². The molecule has 152 valence electrons. The smallest absolute Gasteiger partial charge is 0.410 e. The first-order valence-corrected chi connectivity index (χ1v) is 9.95. The lowest BCUT2D eigenvalue weighted by Crippen LogP contribution is -2.39. The molecule has 1 aliphatic carbocycles. The Balaban J connectivity index is 1.39. The molecule has 0 unspecified atom stereocenters. The molecule has 2 aromatic rings. The normalized spacial score (nSPS) is 17.7. The fraction of sp³-hybridized carbons (Fsp3) is 0.391. The van der Waals surface area contributed by atoms with Crippen molar-refractivity contribution in [3.63, 3.8) is 0 Å². The summed E-state index contributed by atoms with van der Waals surface area (Å²) in [6.07, 6.45) is 1.41. The molecular weight excluding hydrogens is 370 g/mol. The molecule has 0 aromatic heterocycles. The van der Waals surface area contributed by atoms with Crippen LogP contribution in [-0.4, -0.2) is 56.5 Å². The number of benzene rings is 2. The molecule has 29 heavy (non-hydrogen) atoms. The molecule has 0 spiro atoms. The van der Waals surface area contributed by atoms with Crippen molar-refractivity contribution in [3.8, 4) is 11.1 Å². The summed E-state index contributed by atoms with van der Waals surface area (Å²) < 4.78 is 15.7. The minimum atomic E-state index is -0.421. The maximum atomic E-state index is 12.7. The van der Waals surface area contributed by atoms with Crippen molar-refractivity contribution >= 4 is 12.1 Å². The summed E-state index contributed by atoms with van der Waals surface area (Å²) in [4.78, 5) is 25.7. The summed E-state index contributed by atoms with van der Waals surface area (Å²) in [6.45, 7) is 1.15. The third kappa shape index (κ3) is 3.98. The number of hydrogen-bond acceptors (Lipinski definition) is 5. The van der Waals surface area contributed by atoms with E-state index in [1.54, 1.807) is 4.90 Å². The van der Waals surface area contributed by atoms with Gasteiger partial charge in [-0.05, 0) is 35.1 Å². The highest BCUT2D eigenvalue weighted by atomic mass is 16.6. The summed E-state index contributed by atoms with van der Waals surface area (Å²) in [5.74, 6) is -0.376. The van der Waals surface area contributed by atoms with Gasteiger partial charge in [-0.1, -0.05) is 48.5 Å². The van der Waals surface area contributed by atoms with Crippen molar-refractivity contribution in [3.05, 3.63) is 59.7 Å². The van der Waals surface area contributed by atoms with E-state index in [9.17, 15) is 9.59 Å². The number of carbonyl (C=O) groups is 2. The van der Waals surface area contributed by atoms with Gasteiger partial charge in [0.15, 0.2) is 0 Å². The van der Waals surface area contributed by atoms with Gasteiger partial charge in [-0.15, -0.1) is 0 Å². The second-order valence-corrected chi connectivity index (χ2v) is 7.38. The zero-order valence-electron chi connectivity index (χ0n) is 16.5. The molecule has 4 rings (SSSR count). The number of fused-ring (bicyclic) bond motifs is 3. The average Bonchev–Trinajstić information content (AvgIpc) is 3.35. The molecule has 2 aliphatic rings. The van der Waals surface area contributed by atoms with Gasteiger partial charge < -0.3 is 19.1 Å². The Bertz CT molecular complexity index is 851. The highest BCUT2D eigenvalue weighted by molar-refractivity contribution is 5.79. The Morgan fingerprint density at radius 3 is 2.31 bits per heavy atom. The number of likely N-dealkylation sites (tertiary alicyclic amines) is 1. The lowest BCUT2D eigenvalue weighted by atomic mass is 9.98. The fourth-order valence-electron chi connectivity index (χ4n) is 4.26. The van der Waals surface area contributed by atoms with Crippen LogP contribution in [0.5, 0.6) is 0 Å². The minimum absolute atomic E-state index is 0.0444. The van der Waals surface area contributed by atoms with E-state index in [4.69, 9.17) is 9.47 Å². The van der Waals surface area contributed by atoms with E-state index < -0.39 is 5.97 Å². The molecular formula is C23H25NO5. The summed E-state index contributed by atoms with van der Waals surface area (Å²) in [5.41, 5.74) is 4.81. The van der Waals surface area contributed by atoms with Crippen LogP contribution in [-0.2, 0) is 19.0 Å². The van der Waals surface area contributed by atoms with E-state index in [1.165, 1.54) is 29.4 Å². The molecule has 1 atom stereocenters. The molecule has 2 aromatic carbocycles. The van der Waals surface area contributed by atoms with E-state index in [-0.39, 0.29) is 24.7 Å². The van der Waals surface area contributed by atoms with Gasteiger partial charge in [-0.25, -0.2) is 9.59 Å². The molecule has 1 fully saturated rings. The molecule has 6 nitrogen and oxygen atoms in total. The van der Waals surface area contributed by atoms with Crippen molar-refractivity contribution in [2.75, 3.05) is 33.5 Å². The van der Waals surface area contributed by atoms with E-state index in [0.29, 0.717) is 19.8 Å². The number of ether oxygens (including phenoxy) is 3. The Labute approximate surface area is 170 Å². The Morgan fingerprint density at radius 2 is 1.66 bits per heavy atom. The van der Waals surface area contributed by atoms with E-state index in [0.717, 1.165) is 12.8 Å². The number of hydrogen-bond donors (Lipinski definition) is 0. The van der Waals surface area contributed by atoms with Gasteiger partial charge in [0.05, 0.1) is 19.8 Å². The molecule has 0 N–H and O–H groups in total. The molecule has 1 heterocycles. The zero-order chi connectivity index (χ0) is 20.2. The predicted molar refractivity (Wildman–Crippen MR) is 108 cm³/mol. The molecule has 1 saturated heterocycles. The summed E-state index contributed by atoms with van der Waals surface area (Å²) in [5, 5.41) is 0. The number of nitrogens with zero attached hydrogens (tertiary/aromatic N) is 1. The second-order valence-electron chi connectivity index (χ2n) is 7.38. The number of amides is 1. The Kier molecular flexibility index (Phi) is 5.81. The van der Waals surface area contributed by atoms with Gasteiger partial charge in [0, 0.05) is 12.5 Å². The van der Waals surface area contributed by atoms with Crippen LogP contribution in [0.4, 0.5) is 4.79 Å². The van der Waals surface area contributed by atoms with Crippen LogP contribution >= 0.6 is 0 Å². The van der Waals surface area contributed by atoms with Crippen LogP contribution in [0.25, 0.3) is 11.1 Å².